The molecule has 2 unspecified atom stereocenters. The summed E-state index contributed by atoms with van der Waals surface area (Å²) in [5.41, 5.74) is 0.513. The Balaban J connectivity index is 2.13. The molecule has 6 nitrogen and oxygen atoms in total. The van der Waals surface area contributed by atoms with Gasteiger partial charge in [-0.3, -0.25) is 19.7 Å². The van der Waals surface area contributed by atoms with Gasteiger partial charge in [0.25, 0.3) is 5.91 Å². The van der Waals surface area contributed by atoms with E-state index in [0.717, 1.165) is 4.90 Å². The molecular weight excluding hydrogens is 272 g/mol. The fraction of sp³-hybridized carbons (Fsp3) is 0.400. The summed E-state index contributed by atoms with van der Waals surface area (Å²) < 4.78 is 0. The summed E-state index contributed by atoms with van der Waals surface area (Å²) in [6, 6.07) is 7.06. The zero-order chi connectivity index (χ0) is 15.4. The summed E-state index contributed by atoms with van der Waals surface area (Å²) in [6.07, 6.45) is 1.08. The highest BCUT2D eigenvalue weighted by atomic mass is 16.4. The van der Waals surface area contributed by atoms with Crippen LogP contribution >= 0.6 is 0 Å². The van der Waals surface area contributed by atoms with E-state index in [4.69, 9.17) is 5.11 Å². The molecule has 1 aliphatic heterocycles. The van der Waals surface area contributed by atoms with Gasteiger partial charge in [0.15, 0.2) is 0 Å². The molecule has 21 heavy (non-hydrogen) atoms. The number of nitrogens with one attached hydrogen (secondary N) is 1. The molecule has 1 saturated heterocycles. The number of imide groups is 1. The first-order valence-electron chi connectivity index (χ1n) is 6.95. The van der Waals surface area contributed by atoms with Crippen molar-refractivity contribution in [3.8, 4) is 0 Å². The molecule has 0 spiro atoms. The third-order valence-electron chi connectivity index (χ3n) is 3.44. The fourth-order valence-electron chi connectivity index (χ4n) is 2.42. The molecule has 0 radical (unpaired) electrons. The van der Waals surface area contributed by atoms with Gasteiger partial charge in [-0.05, 0) is 18.6 Å². The highest BCUT2D eigenvalue weighted by molar-refractivity contribution is 6.22. The van der Waals surface area contributed by atoms with Crippen LogP contribution in [0.25, 0.3) is 0 Å². The van der Waals surface area contributed by atoms with Crippen molar-refractivity contribution in [2.24, 2.45) is 0 Å². The molecule has 0 aromatic heterocycles. The van der Waals surface area contributed by atoms with Gasteiger partial charge in [-0.15, -0.1) is 0 Å². The predicted octanol–water partition coefficient (Wildman–Crippen LogP) is 1.16. The standard InChI is InChI=1S/C15H18N2O4/c1-2-6-11(15(20)21)16-12-9-13(18)17(14(12)19)10-7-4-3-5-8-10/h3-5,7-8,11-12,16H,2,6,9H2,1H3,(H,20,21). The SMILES string of the molecule is CCCC(NC1CC(=O)N(c2ccccc2)C1=O)C(=O)O. The summed E-state index contributed by atoms with van der Waals surface area (Å²) in [5.74, 6) is -1.71. The number of carbonyl (C=O) groups excluding carboxylic acids is 2. The average Bonchev–Trinajstić information content (AvgIpc) is 2.74. The van der Waals surface area contributed by atoms with E-state index < -0.39 is 24.0 Å². The molecule has 2 N–H and O–H groups in total. The minimum absolute atomic E-state index is 0.0127. The number of hydrogen-bond acceptors (Lipinski definition) is 4. The summed E-state index contributed by atoms with van der Waals surface area (Å²) in [7, 11) is 0. The number of carboxylic acids is 1. The maximum Gasteiger partial charge on any atom is 0.320 e. The number of carbonyl (C=O) groups is 3. The van der Waals surface area contributed by atoms with Gasteiger partial charge in [0.2, 0.25) is 5.91 Å². The van der Waals surface area contributed by atoms with Gasteiger partial charge in [-0.1, -0.05) is 31.5 Å². The monoisotopic (exact) mass is 290 g/mol. The van der Waals surface area contributed by atoms with Crippen LogP contribution in [0.4, 0.5) is 5.69 Å². The first kappa shape index (κ1) is 15.2. The van der Waals surface area contributed by atoms with Gasteiger partial charge < -0.3 is 5.11 Å². The maximum atomic E-state index is 12.3. The van der Waals surface area contributed by atoms with E-state index >= 15 is 0 Å². The van der Waals surface area contributed by atoms with Crippen molar-refractivity contribution < 1.29 is 19.5 Å². The zero-order valence-electron chi connectivity index (χ0n) is 11.8. The molecule has 0 saturated carbocycles. The van der Waals surface area contributed by atoms with Crippen LogP contribution in [0, 0.1) is 0 Å². The molecule has 1 aromatic carbocycles. The van der Waals surface area contributed by atoms with Crippen molar-refractivity contribution in [1.82, 2.24) is 5.32 Å². The molecule has 2 atom stereocenters. The number of para-hydroxylation sites is 1. The second kappa shape index (κ2) is 6.49. The van der Waals surface area contributed by atoms with Crippen molar-refractivity contribution in [1.29, 1.82) is 0 Å². The van der Waals surface area contributed by atoms with Crippen LogP contribution in [0.15, 0.2) is 30.3 Å². The second-order valence-corrected chi connectivity index (χ2v) is 5.01. The van der Waals surface area contributed by atoms with E-state index in [1.165, 1.54) is 0 Å². The number of aliphatic carboxylic acids is 1. The van der Waals surface area contributed by atoms with E-state index in [1.807, 2.05) is 6.92 Å². The lowest BCUT2D eigenvalue weighted by molar-refractivity contribution is -0.140. The number of hydrogen-bond donors (Lipinski definition) is 2. The topological polar surface area (TPSA) is 86.7 Å². The molecule has 1 aliphatic rings. The lowest BCUT2D eigenvalue weighted by atomic mass is 10.1. The van der Waals surface area contributed by atoms with Gasteiger partial charge in [-0.2, -0.15) is 0 Å². The first-order valence-corrected chi connectivity index (χ1v) is 6.95. The predicted molar refractivity (Wildman–Crippen MR) is 76.8 cm³/mol. The Bertz CT molecular complexity index is 544. The molecule has 1 fully saturated rings. The largest absolute Gasteiger partial charge is 0.480 e. The van der Waals surface area contributed by atoms with Crippen LogP contribution in [0.2, 0.25) is 0 Å². The Kier molecular flexibility index (Phi) is 4.70. The van der Waals surface area contributed by atoms with Gasteiger partial charge >= 0.3 is 5.97 Å². The molecule has 1 aromatic rings. The van der Waals surface area contributed by atoms with E-state index in [0.29, 0.717) is 18.5 Å². The maximum absolute atomic E-state index is 12.3. The van der Waals surface area contributed by atoms with Crippen molar-refractivity contribution >= 4 is 23.5 Å². The van der Waals surface area contributed by atoms with Gasteiger partial charge in [0.05, 0.1) is 18.2 Å². The number of benzene rings is 1. The lowest BCUT2D eigenvalue weighted by Gasteiger charge is -2.18. The molecule has 0 aliphatic carbocycles. The Labute approximate surface area is 122 Å². The first-order chi connectivity index (χ1) is 10.0. The molecule has 2 rings (SSSR count). The summed E-state index contributed by atoms with van der Waals surface area (Å²) >= 11 is 0. The van der Waals surface area contributed by atoms with Gasteiger partial charge in [0, 0.05) is 0 Å². The second-order valence-electron chi connectivity index (χ2n) is 5.01. The van der Waals surface area contributed by atoms with Gasteiger partial charge in [0.1, 0.15) is 6.04 Å². The van der Waals surface area contributed by atoms with Crippen LogP contribution < -0.4 is 10.2 Å². The van der Waals surface area contributed by atoms with E-state index in [9.17, 15) is 14.4 Å². The molecule has 112 valence electrons. The third-order valence-corrected chi connectivity index (χ3v) is 3.44. The van der Waals surface area contributed by atoms with Crippen LogP contribution in [-0.2, 0) is 14.4 Å². The third kappa shape index (κ3) is 3.28. The van der Waals surface area contributed by atoms with Crippen molar-refractivity contribution in [3.05, 3.63) is 30.3 Å². The minimum atomic E-state index is -1.00. The van der Waals surface area contributed by atoms with E-state index in [1.54, 1.807) is 30.3 Å². The van der Waals surface area contributed by atoms with Crippen molar-refractivity contribution in [2.45, 2.75) is 38.3 Å². The number of amides is 2. The lowest BCUT2D eigenvalue weighted by Crippen LogP contribution is -2.47. The summed E-state index contributed by atoms with van der Waals surface area (Å²) in [5, 5.41) is 11.9. The fourth-order valence-corrected chi connectivity index (χ4v) is 2.42. The molecular formula is C15H18N2O4. The van der Waals surface area contributed by atoms with E-state index in [-0.39, 0.29) is 12.3 Å². The highest BCUT2D eigenvalue weighted by Gasteiger charge is 2.40. The number of anilines is 1. The van der Waals surface area contributed by atoms with Crippen LogP contribution in [0.3, 0.4) is 0 Å². The van der Waals surface area contributed by atoms with Crippen LogP contribution in [0.5, 0.6) is 0 Å². The molecule has 6 heteroatoms. The smallest absolute Gasteiger partial charge is 0.320 e. The van der Waals surface area contributed by atoms with Crippen LogP contribution in [-0.4, -0.2) is 35.0 Å². The van der Waals surface area contributed by atoms with Crippen molar-refractivity contribution in [2.75, 3.05) is 4.90 Å². The van der Waals surface area contributed by atoms with Crippen molar-refractivity contribution in [3.63, 3.8) is 0 Å². The van der Waals surface area contributed by atoms with Gasteiger partial charge in [-0.25, -0.2) is 4.90 Å². The normalized spacial score (nSPS) is 19.9. The molecule has 2 amide bonds. The quantitative estimate of drug-likeness (QED) is 0.768. The zero-order valence-corrected chi connectivity index (χ0v) is 11.8. The van der Waals surface area contributed by atoms with Crippen LogP contribution in [0.1, 0.15) is 26.2 Å². The molecule has 1 heterocycles. The summed E-state index contributed by atoms with van der Waals surface area (Å²) in [6.45, 7) is 1.87. The summed E-state index contributed by atoms with van der Waals surface area (Å²) in [4.78, 5) is 36.6. The minimum Gasteiger partial charge on any atom is -0.480 e. The Morgan fingerprint density at radius 3 is 2.62 bits per heavy atom. The molecule has 0 bridgehead atoms. The Morgan fingerprint density at radius 2 is 2.05 bits per heavy atom. The average molecular weight is 290 g/mol. The Morgan fingerprint density at radius 1 is 1.38 bits per heavy atom. The van der Waals surface area contributed by atoms with E-state index in [2.05, 4.69) is 5.32 Å². The highest BCUT2D eigenvalue weighted by Crippen LogP contribution is 2.22. The number of nitrogens with zero attached hydrogens (tertiary/aromatic N) is 1. The number of carboxylic acid groups (broad SMARTS) is 1. The Hall–Kier alpha value is -2.21. The number of rotatable bonds is 6.